The summed E-state index contributed by atoms with van der Waals surface area (Å²) in [5.41, 5.74) is -3.57. The highest BCUT2D eigenvalue weighted by atomic mass is 19.4. The van der Waals surface area contributed by atoms with Crippen molar-refractivity contribution in [2.45, 2.75) is 12.6 Å². The van der Waals surface area contributed by atoms with E-state index in [2.05, 4.69) is 4.98 Å². The number of hydrogen-bond acceptors (Lipinski definition) is 2. The van der Waals surface area contributed by atoms with Crippen LogP contribution in [0.25, 0.3) is 0 Å². The Kier molecular flexibility index (Phi) is 2.78. The van der Waals surface area contributed by atoms with Crippen LogP contribution >= 0.6 is 0 Å². The van der Waals surface area contributed by atoms with Crippen LogP contribution in [0.4, 0.5) is 26.3 Å². The summed E-state index contributed by atoms with van der Waals surface area (Å²) in [6.07, 6.45) is -8.59. The lowest BCUT2D eigenvalue weighted by Crippen LogP contribution is -2.12. The Hall–Kier alpha value is -1.47. The van der Waals surface area contributed by atoms with E-state index in [9.17, 15) is 26.3 Å². The van der Waals surface area contributed by atoms with Crippen LogP contribution in [0.1, 0.15) is 17.8 Å². The molecular weight excluding hydrogens is 228 g/mol. The summed E-state index contributed by atoms with van der Waals surface area (Å²) in [6.45, 7) is 0. The third-order valence-corrected chi connectivity index (χ3v) is 1.46. The Balaban J connectivity index is 3.37. The summed E-state index contributed by atoms with van der Waals surface area (Å²) in [7, 11) is 0. The first kappa shape index (κ1) is 11.6. The molecule has 1 aromatic rings. The minimum atomic E-state index is -5.18. The van der Waals surface area contributed by atoms with Crippen LogP contribution in [-0.2, 0) is 6.18 Å². The average molecular weight is 231 g/mol. The fraction of sp³-hybridized carbons (Fsp3) is 0.286. The number of aromatic nitrogens is 1. The SMILES string of the molecule is Oc1cc(F)c(C(F)(F)F)nc1C(F)F. The maximum Gasteiger partial charge on any atom is 0.436 e. The largest absolute Gasteiger partial charge is 0.506 e. The van der Waals surface area contributed by atoms with E-state index in [0.717, 1.165) is 0 Å². The summed E-state index contributed by atoms with van der Waals surface area (Å²) in [5, 5.41) is 8.70. The zero-order chi connectivity index (χ0) is 11.8. The van der Waals surface area contributed by atoms with Gasteiger partial charge in [0.05, 0.1) is 0 Å². The van der Waals surface area contributed by atoms with Crippen molar-refractivity contribution >= 4 is 0 Å². The average Bonchev–Trinajstić information content (AvgIpc) is 2.00. The van der Waals surface area contributed by atoms with Gasteiger partial charge in [-0.3, -0.25) is 0 Å². The molecule has 0 aliphatic heterocycles. The maximum absolute atomic E-state index is 12.6. The molecule has 0 amide bonds. The van der Waals surface area contributed by atoms with Crippen LogP contribution in [0.5, 0.6) is 5.75 Å². The highest BCUT2D eigenvalue weighted by molar-refractivity contribution is 5.30. The fourth-order valence-electron chi connectivity index (χ4n) is 0.853. The third-order valence-electron chi connectivity index (χ3n) is 1.46. The second kappa shape index (κ2) is 3.59. The van der Waals surface area contributed by atoms with Crippen LogP contribution in [0.3, 0.4) is 0 Å². The Morgan fingerprint density at radius 3 is 2.20 bits per heavy atom. The van der Waals surface area contributed by atoms with Crippen molar-refractivity contribution in [1.29, 1.82) is 0 Å². The van der Waals surface area contributed by atoms with Gasteiger partial charge in [-0.15, -0.1) is 0 Å². The monoisotopic (exact) mass is 231 g/mol. The van der Waals surface area contributed by atoms with E-state index < -0.39 is 35.6 Å². The molecule has 0 aliphatic rings. The third kappa shape index (κ3) is 2.31. The van der Waals surface area contributed by atoms with Crippen molar-refractivity contribution in [2.24, 2.45) is 0 Å². The van der Waals surface area contributed by atoms with E-state index in [1.165, 1.54) is 0 Å². The Labute approximate surface area is 79.2 Å². The Bertz CT molecular complexity index is 374. The summed E-state index contributed by atoms with van der Waals surface area (Å²) < 4.78 is 72.6. The van der Waals surface area contributed by atoms with Crippen molar-refractivity contribution in [3.8, 4) is 5.75 Å². The molecule has 0 saturated heterocycles. The summed E-state index contributed by atoms with van der Waals surface area (Å²) in [6, 6.07) is -0.0443. The van der Waals surface area contributed by atoms with Crippen LogP contribution in [0, 0.1) is 5.82 Å². The second-order valence-corrected chi connectivity index (χ2v) is 2.52. The lowest BCUT2D eigenvalue weighted by atomic mass is 10.2. The molecule has 0 fully saturated rings. The second-order valence-electron chi connectivity index (χ2n) is 2.52. The molecule has 0 unspecified atom stereocenters. The van der Waals surface area contributed by atoms with Crippen LogP contribution < -0.4 is 0 Å². The molecular formula is C7H3F6NO. The Morgan fingerprint density at radius 2 is 1.80 bits per heavy atom. The van der Waals surface area contributed by atoms with Gasteiger partial charge in [0.1, 0.15) is 11.4 Å². The summed E-state index contributed by atoms with van der Waals surface area (Å²) >= 11 is 0. The van der Waals surface area contributed by atoms with Gasteiger partial charge < -0.3 is 5.11 Å². The normalized spacial score (nSPS) is 12.2. The molecule has 0 saturated carbocycles. The van der Waals surface area contributed by atoms with E-state index in [4.69, 9.17) is 5.11 Å². The number of alkyl halides is 5. The van der Waals surface area contributed by atoms with E-state index in [1.807, 2.05) is 0 Å². The minimum Gasteiger partial charge on any atom is -0.506 e. The van der Waals surface area contributed by atoms with Crippen LogP contribution in [-0.4, -0.2) is 10.1 Å². The van der Waals surface area contributed by atoms with Gasteiger partial charge >= 0.3 is 6.18 Å². The molecule has 1 rings (SSSR count). The van der Waals surface area contributed by atoms with E-state index >= 15 is 0 Å². The molecule has 0 radical (unpaired) electrons. The first-order chi connectivity index (χ1) is 6.73. The molecule has 2 nitrogen and oxygen atoms in total. The van der Waals surface area contributed by atoms with Crippen molar-refractivity contribution < 1.29 is 31.4 Å². The van der Waals surface area contributed by atoms with Gasteiger partial charge in [-0.25, -0.2) is 18.2 Å². The molecule has 0 aliphatic carbocycles. The van der Waals surface area contributed by atoms with Crippen molar-refractivity contribution in [3.63, 3.8) is 0 Å². The van der Waals surface area contributed by atoms with Gasteiger partial charge in [0, 0.05) is 6.07 Å². The maximum atomic E-state index is 12.6. The van der Waals surface area contributed by atoms with Crippen LogP contribution in [0.2, 0.25) is 0 Å². The lowest BCUT2D eigenvalue weighted by Gasteiger charge is -2.09. The summed E-state index contributed by atoms with van der Waals surface area (Å²) in [5.74, 6) is -3.21. The molecule has 1 N–H and O–H groups in total. The zero-order valence-corrected chi connectivity index (χ0v) is 6.82. The minimum absolute atomic E-state index is 0.0443. The molecule has 0 aromatic carbocycles. The molecule has 15 heavy (non-hydrogen) atoms. The smallest absolute Gasteiger partial charge is 0.436 e. The number of rotatable bonds is 1. The predicted octanol–water partition coefficient (Wildman–Crippen LogP) is 2.88. The van der Waals surface area contributed by atoms with Gasteiger partial charge in [0.2, 0.25) is 0 Å². The highest BCUT2D eigenvalue weighted by Crippen LogP contribution is 2.34. The van der Waals surface area contributed by atoms with Gasteiger partial charge in [0.15, 0.2) is 11.5 Å². The number of aromatic hydroxyl groups is 1. The quantitative estimate of drug-likeness (QED) is 0.754. The molecule has 0 bridgehead atoms. The van der Waals surface area contributed by atoms with Crippen LogP contribution in [0.15, 0.2) is 6.07 Å². The van der Waals surface area contributed by atoms with Crippen molar-refractivity contribution in [1.82, 2.24) is 4.98 Å². The standard InChI is InChI=1S/C7H3F6NO/c8-2-1-3(15)4(6(9)10)14-5(2)7(11,12)13/h1,6,15H. The molecule has 1 heterocycles. The highest BCUT2D eigenvalue weighted by Gasteiger charge is 2.38. The molecule has 0 spiro atoms. The first-order valence-corrected chi connectivity index (χ1v) is 3.48. The Morgan fingerprint density at radius 1 is 1.27 bits per heavy atom. The van der Waals surface area contributed by atoms with Crippen molar-refractivity contribution in [2.75, 3.05) is 0 Å². The predicted molar refractivity (Wildman–Crippen MR) is 35.8 cm³/mol. The molecule has 8 heteroatoms. The number of hydrogen-bond donors (Lipinski definition) is 1. The number of nitrogens with zero attached hydrogens (tertiary/aromatic N) is 1. The van der Waals surface area contributed by atoms with Gasteiger partial charge in [-0.1, -0.05) is 0 Å². The zero-order valence-electron chi connectivity index (χ0n) is 6.82. The van der Waals surface area contributed by atoms with Gasteiger partial charge in [0.25, 0.3) is 6.43 Å². The van der Waals surface area contributed by atoms with Gasteiger partial charge in [-0.05, 0) is 0 Å². The first-order valence-electron chi connectivity index (χ1n) is 3.48. The fourth-order valence-corrected chi connectivity index (χ4v) is 0.853. The summed E-state index contributed by atoms with van der Waals surface area (Å²) in [4.78, 5) is 2.34. The van der Waals surface area contributed by atoms with Crippen molar-refractivity contribution in [3.05, 3.63) is 23.3 Å². The topological polar surface area (TPSA) is 33.1 Å². The lowest BCUT2D eigenvalue weighted by molar-refractivity contribution is -0.144. The molecule has 0 atom stereocenters. The van der Waals surface area contributed by atoms with Gasteiger partial charge in [-0.2, -0.15) is 13.2 Å². The van der Waals surface area contributed by atoms with E-state index in [1.54, 1.807) is 0 Å². The number of pyridine rings is 1. The van der Waals surface area contributed by atoms with E-state index in [0.29, 0.717) is 0 Å². The van der Waals surface area contributed by atoms with E-state index in [-0.39, 0.29) is 6.07 Å². The number of halogens is 6. The molecule has 84 valence electrons. The molecule has 1 aromatic heterocycles.